The predicted molar refractivity (Wildman–Crippen MR) is 148 cm³/mol. The molecule has 2 aromatic carbocycles. The first kappa shape index (κ1) is 26.0. The molecule has 5 rings (SSSR count). The minimum Gasteiger partial charge on any atom is -0.494 e. The standard InChI is InChI=1S/C29H31ClN4O4/c1-16(2)38-27(28(35)37-6)23-18(4)25-26-22(24(23)19-7-9-20(30)10-8-19)13-17(3)33(26)11-12-34(25)29-31-14-21(36-5)15-32-29/h7-10,13-16,27H,11-12H2,1-6H3. The quantitative estimate of drug-likeness (QED) is 0.262. The van der Waals surface area contributed by atoms with Crippen LogP contribution in [0.15, 0.2) is 42.7 Å². The summed E-state index contributed by atoms with van der Waals surface area (Å²) in [7, 11) is 2.98. The van der Waals surface area contributed by atoms with Gasteiger partial charge in [0.15, 0.2) is 11.9 Å². The van der Waals surface area contributed by atoms with Crippen molar-refractivity contribution < 1.29 is 19.0 Å². The molecule has 1 aliphatic heterocycles. The summed E-state index contributed by atoms with van der Waals surface area (Å²) in [5.41, 5.74) is 6.65. The Hall–Kier alpha value is -3.62. The van der Waals surface area contributed by atoms with Crippen LogP contribution in [0.2, 0.25) is 5.02 Å². The highest BCUT2D eigenvalue weighted by molar-refractivity contribution is 6.30. The van der Waals surface area contributed by atoms with Crippen molar-refractivity contribution in [2.24, 2.45) is 0 Å². The molecule has 0 fully saturated rings. The van der Waals surface area contributed by atoms with Crippen LogP contribution in [0.1, 0.15) is 36.8 Å². The van der Waals surface area contributed by atoms with E-state index in [-0.39, 0.29) is 6.10 Å². The zero-order valence-corrected chi connectivity index (χ0v) is 23.2. The third-order valence-electron chi connectivity index (χ3n) is 6.95. The van der Waals surface area contributed by atoms with Crippen LogP contribution in [0, 0.1) is 13.8 Å². The Kier molecular flexibility index (Phi) is 7.03. The van der Waals surface area contributed by atoms with Crippen LogP contribution >= 0.6 is 11.6 Å². The maximum Gasteiger partial charge on any atom is 0.339 e. The van der Waals surface area contributed by atoms with E-state index in [4.69, 9.17) is 25.8 Å². The molecule has 3 heterocycles. The van der Waals surface area contributed by atoms with Gasteiger partial charge < -0.3 is 23.7 Å². The highest BCUT2D eigenvalue weighted by Gasteiger charge is 2.35. The number of carbonyl (C=O) groups is 1. The number of hydrogen-bond acceptors (Lipinski definition) is 7. The molecule has 0 aliphatic carbocycles. The van der Waals surface area contributed by atoms with Gasteiger partial charge in [-0.05, 0) is 62.6 Å². The molecule has 1 unspecified atom stereocenters. The molecule has 4 aromatic rings. The van der Waals surface area contributed by atoms with Crippen LogP contribution in [0.4, 0.5) is 11.6 Å². The lowest BCUT2D eigenvalue weighted by Crippen LogP contribution is -2.31. The second-order valence-electron chi connectivity index (χ2n) is 9.63. The number of aryl methyl sites for hydroxylation is 1. The molecule has 38 heavy (non-hydrogen) atoms. The number of halogens is 1. The number of hydrogen-bond donors (Lipinski definition) is 0. The van der Waals surface area contributed by atoms with Crippen molar-refractivity contribution in [2.75, 3.05) is 25.7 Å². The fourth-order valence-electron chi connectivity index (χ4n) is 5.32. The lowest BCUT2D eigenvalue weighted by Gasteiger charge is -2.34. The maximum atomic E-state index is 13.3. The molecular weight excluding hydrogens is 504 g/mol. The van der Waals surface area contributed by atoms with Crippen molar-refractivity contribution >= 4 is 40.1 Å². The van der Waals surface area contributed by atoms with Crippen molar-refractivity contribution in [3.05, 3.63) is 64.6 Å². The van der Waals surface area contributed by atoms with E-state index in [1.54, 1.807) is 19.5 Å². The van der Waals surface area contributed by atoms with E-state index in [1.807, 2.05) is 45.0 Å². The van der Waals surface area contributed by atoms with Crippen molar-refractivity contribution in [3.63, 3.8) is 0 Å². The third kappa shape index (κ3) is 4.37. The first-order valence-corrected chi connectivity index (χ1v) is 12.9. The van der Waals surface area contributed by atoms with Crippen LogP contribution in [0.5, 0.6) is 5.75 Å². The van der Waals surface area contributed by atoms with Crippen molar-refractivity contribution in [3.8, 4) is 16.9 Å². The Morgan fingerprint density at radius 3 is 2.34 bits per heavy atom. The molecule has 8 nitrogen and oxygen atoms in total. The molecule has 1 aliphatic rings. The Morgan fingerprint density at radius 2 is 1.74 bits per heavy atom. The van der Waals surface area contributed by atoms with Crippen LogP contribution in [-0.2, 0) is 20.8 Å². The summed E-state index contributed by atoms with van der Waals surface area (Å²) in [6.45, 7) is 9.38. The van der Waals surface area contributed by atoms with Crippen molar-refractivity contribution in [1.29, 1.82) is 0 Å². The topological polar surface area (TPSA) is 78.7 Å². The average molecular weight is 535 g/mol. The van der Waals surface area contributed by atoms with Gasteiger partial charge in [-0.25, -0.2) is 14.8 Å². The summed E-state index contributed by atoms with van der Waals surface area (Å²) in [5.74, 6) is 0.689. The van der Waals surface area contributed by atoms with Gasteiger partial charge in [-0.2, -0.15) is 0 Å². The number of methoxy groups -OCH3 is 2. The van der Waals surface area contributed by atoms with Crippen LogP contribution in [0.3, 0.4) is 0 Å². The van der Waals surface area contributed by atoms with E-state index in [9.17, 15) is 4.79 Å². The summed E-state index contributed by atoms with van der Waals surface area (Å²) < 4.78 is 19.1. The van der Waals surface area contributed by atoms with Crippen LogP contribution in [0.25, 0.3) is 22.0 Å². The number of esters is 1. The second kappa shape index (κ2) is 10.3. The number of ether oxygens (including phenoxy) is 3. The van der Waals surface area contributed by atoms with Crippen molar-refractivity contribution in [1.82, 2.24) is 14.5 Å². The Morgan fingerprint density at radius 1 is 1.05 bits per heavy atom. The van der Waals surface area contributed by atoms with Gasteiger partial charge in [0.2, 0.25) is 5.95 Å². The highest BCUT2D eigenvalue weighted by atomic mass is 35.5. The van der Waals surface area contributed by atoms with Gasteiger partial charge in [0, 0.05) is 34.8 Å². The number of carbonyl (C=O) groups excluding carboxylic acids is 1. The predicted octanol–water partition coefficient (Wildman–Crippen LogP) is 6.17. The SMILES string of the molecule is COC(=O)C(OC(C)C)c1c(C)c2c3c(cc(C)n3CCN2c2ncc(OC)cn2)c1-c1ccc(Cl)cc1. The molecule has 198 valence electrons. The Labute approximate surface area is 227 Å². The molecule has 0 amide bonds. The van der Waals surface area contributed by atoms with E-state index < -0.39 is 12.1 Å². The first-order chi connectivity index (χ1) is 18.2. The van der Waals surface area contributed by atoms with Gasteiger partial charge in [0.05, 0.1) is 43.9 Å². The third-order valence-corrected chi connectivity index (χ3v) is 7.21. The Bertz CT molecular complexity index is 1500. The number of benzene rings is 2. The molecule has 0 saturated heterocycles. The molecule has 0 N–H and O–H groups in total. The summed E-state index contributed by atoms with van der Waals surface area (Å²) in [6.07, 6.45) is 2.18. The largest absolute Gasteiger partial charge is 0.494 e. The first-order valence-electron chi connectivity index (χ1n) is 12.5. The average Bonchev–Trinajstić information content (AvgIpc) is 3.25. The molecule has 0 saturated carbocycles. The van der Waals surface area contributed by atoms with E-state index in [0.717, 1.165) is 51.1 Å². The molecule has 1 atom stereocenters. The number of rotatable bonds is 7. The summed E-state index contributed by atoms with van der Waals surface area (Å²) in [4.78, 5) is 24.5. The molecule has 0 bridgehead atoms. The number of nitrogens with zero attached hydrogens (tertiary/aromatic N) is 4. The lowest BCUT2D eigenvalue weighted by molar-refractivity contribution is -0.157. The van der Waals surface area contributed by atoms with Gasteiger partial charge in [0.1, 0.15) is 0 Å². The van der Waals surface area contributed by atoms with E-state index in [0.29, 0.717) is 23.3 Å². The highest BCUT2D eigenvalue weighted by Crippen LogP contribution is 2.48. The number of aromatic nitrogens is 3. The van der Waals surface area contributed by atoms with Gasteiger partial charge in [-0.3, -0.25) is 0 Å². The Balaban J connectivity index is 1.88. The fourth-order valence-corrected chi connectivity index (χ4v) is 5.45. The fraction of sp³-hybridized carbons (Fsp3) is 0.345. The van der Waals surface area contributed by atoms with Gasteiger partial charge in [0.25, 0.3) is 0 Å². The lowest BCUT2D eigenvalue weighted by atomic mass is 9.87. The maximum absolute atomic E-state index is 13.3. The normalized spacial score (nSPS) is 13.7. The van der Waals surface area contributed by atoms with Crippen LogP contribution in [-0.4, -0.2) is 47.4 Å². The van der Waals surface area contributed by atoms with E-state index in [1.165, 1.54) is 7.11 Å². The van der Waals surface area contributed by atoms with Crippen molar-refractivity contribution in [2.45, 2.75) is 46.4 Å². The zero-order valence-electron chi connectivity index (χ0n) is 22.4. The van der Waals surface area contributed by atoms with E-state index >= 15 is 0 Å². The van der Waals surface area contributed by atoms with Crippen LogP contribution < -0.4 is 9.64 Å². The molecule has 0 spiro atoms. The molecular formula is C29H31ClN4O4. The summed E-state index contributed by atoms with van der Waals surface area (Å²) in [5, 5.41) is 1.65. The second-order valence-corrected chi connectivity index (χ2v) is 10.1. The monoisotopic (exact) mass is 534 g/mol. The van der Waals surface area contributed by atoms with Gasteiger partial charge in [-0.1, -0.05) is 23.7 Å². The summed E-state index contributed by atoms with van der Waals surface area (Å²) in [6, 6.07) is 9.85. The smallest absolute Gasteiger partial charge is 0.339 e. The van der Waals surface area contributed by atoms with Gasteiger partial charge in [-0.15, -0.1) is 0 Å². The molecule has 0 radical (unpaired) electrons. The molecule has 2 aromatic heterocycles. The minimum atomic E-state index is -0.935. The summed E-state index contributed by atoms with van der Waals surface area (Å²) >= 11 is 6.25. The van der Waals surface area contributed by atoms with Gasteiger partial charge >= 0.3 is 5.97 Å². The zero-order chi connectivity index (χ0) is 27.1. The molecule has 9 heteroatoms. The van der Waals surface area contributed by atoms with E-state index in [2.05, 4.69) is 32.4 Å². The number of anilines is 2. The minimum absolute atomic E-state index is 0.212.